The maximum absolute atomic E-state index is 12.3. The Morgan fingerprint density at radius 3 is 2.86 bits per heavy atom. The minimum absolute atomic E-state index is 0.0379. The van der Waals surface area contributed by atoms with E-state index in [0.29, 0.717) is 49.5 Å². The third-order valence-corrected chi connectivity index (χ3v) is 5.59. The van der Waals surface area contributed by atoms with Crippen LogP contribution in [0.5, 0.6) is 5.75 Å². The molecule has 29 heavy (non-hydrogen) atoms. The lowest BCUT2D eigenvalue weighted by Gasteiger charge is -2.26. The van der Waals surface area contributed by atoms with Crippen LogP contribution < -0.4 is 10.1 Å². The van der Waals surface area contributed by atoms with Gasteiger partial charge in [-0.15, -0.1) is 11.3 Å². The van der Waals surface area contributed by atoms with Gasteiger partial charge in [-0.3, -0.25) is 14.9 Å². The van der Waals surface area contributed by atoms with Gasteiger partial charge in [0.1, 0.15) is 11.9 Å². The molecule has 1 N–H and O–H groups in total. The molecule has 1 atom stereocenters. The van der Waals surface area contributed by atoms with Crippen LogP contribution in [0.4, 0.5) is 5.13 Å². The number of hydrogen-bond acceptors (Lipinski definition) is 7. The number of nitrogens with zero attached hydrogens (tertiary/aromatic N) is 2. The van der Waals surface area contributed by atoms with Crippen LogP contribution >= 0.6 is 11.3 Å². The normalized spacial score (nSPS) is 19.2. The van der Waals surface area contributed by atoms with Crippen molar-refractivity contribution in [3.05, 3.63) is 29.6 Å². The van der Waals surface area contributed by atoms with Crippen molar-refractivity contribution in [2.45, 2.75) is 18.9 Å². The molecule has 8 nitrogen and oxygen atoms in total. The van der Waals surface area contributed by atoms with Gasteiger partial charge < -0.3 is 19.1 Å². The number of anilines is 1. The minimum atomic E-state index is -0.399. The van der Waals surface area contributed by atoms with Gasteiger partial charge in [-0.1, -0.05) is 12.1 Å². The van der Waals surface area contributed by atoms with Gasteiger partial charge in [0.25, 0.3) is 11.8 Å². The van der Waals surface area contributed by atoms with E-state index in [1.54, 1.807) is 4.90 Å². The largest absolute Gasteiger partial charge is 0.483 e. The first-order chi connectivity index (χ1) is 14.2. The molecule has 154 valence electrons. The standard InChI is InChI=1S/C20H23N3O5S/c24-18(23-7-10-26-11-8-23)12-28-16-5-2-1-4-14(16)15-13-29-20(21-15)22-19(25)17-6-3-9-27-17/h1-2,4-5,13,17H,3,6-12H2,(H,21,22,25). The summed E-state index contributed by atoms with van der Waals surface area (Å²) in [5.74, 6) is 0.353. The first-order valence-corrected chi connectivity index (χ1v) is 10.5. The number of para-hydroxylation sites is 1. The molecule has 0 aliphatic carbocycles. The Hall–Kier alpha value is -2.49. The lowest BCUT2D eigenvalue weighted by Crippen LogP contribution is -2.43. The topological polar surface area (TPSA) is 90.0 Å². The molecule has 0 spiro atoms. The third-order valence-electron chi connectivity index (χ3n) is 4.83. The van der Waals surface area contributed by atoms with E-state index in [2.05, 4.69) is 10.3 Å². The summed E-state index contributed by atoms with van der Waals surface area (Å²) >= 11 is 1.34. The molecule has 1 aromatic carbocycles. The second-order valence-electron chi connectivity index (χ2n) is 6.81. The molecule has 1 aromatic heterocycles. The van der Waals surface area contributed by atoms with Gasteiger partial charge in [0.15, 0.2) is 11.7 Å². The van der Waals surface area contributed by atoms with Crippen LogP contribution in [0.3, 0.4) is 0 Å². The minimum Gasteiger partial charge on any atom is -0.483 e. The molecule has 3 heterocycles. The number of rotatable bonds is 6. The van der Waals surface area contributed by atoms with Crippen LogP contribution in [0, 0.1) is 0 Å². The van der Waals surface area contributed by atoms with E-state index in [9.17, 15) is 9.59 Å². The SMILES string of the molecule is O=C(Nc1nc(-c2ccccc2OCC(=O)N2CCOCC2)cs1)C1CCCO1. The molecule has 2 aliphatic heterocycles. The fourth-order valence-corrected chi connectivity index (χ4v) is 3.99. The Kier molecular flexibility index (Phi) is 6.38. The lowest BCUT2D eigenvalue weighted by atomic mass is 10.1. The van der Waals surface area contributed by atoms with Gasteiger partial charge >= 0.3 is 0 Å². The van der Waals surface area contributed by atoms with E-state index in [1.165, 1.54) is 11.3 Å². The second-order valence-corrected chi connectivity index (χ2v) is 7.66. The first-order valence-electron chi connectivity index (χ1n) is 9.66. The Morgan fingerprint density at radius 2 is 2.07 bits per heavy atom. The monoisotopic (exact) mass is 417 g/mol. The van der Waals surface area contributed by atoms with Crippen LogP contribution in [0.15, 0.2) is 29.6 Å². The predicted octanol–water partition coefficient (Wildman–Crippen LogP) is 2.17. The van der Waals surface area contributed by atoms with E-state index in [-0.39, 0.29) is 18.4 Å². The van der Waals surface area contributed by atoms with Crippen molar-refractivity contribution in [1.29, 1.82) is 0 Å². The Morgan fingerprint density at radius 1 is 1.24 bits per heavy atom. The number of nitrogens with one attached hydrogen (secondary N) is 1. The first kappa shape index (κ1) is 19.8. The fourth-order valence-electron chi connectivity index (χ4n) is 3.27. The summed E-state index contributed by atoms with van der Waals surface area (Å²) in [5, 5.41) is 5.19. The summed E-state index contributed by atoms with van der Waals surface area (Å²) in [6.45, 7) is 2.87. The van der Waals surface area contributed by atoms with Gasteiger partial charge in [0.2, 0.25) is 0 Å². The van der Waals surface area contributed by atoms with Crippen molar-refractivity contribution in [2.24, 2.45) is 0 Å². The van der Waals surface area contributed by atoms with Crippen LogP contribution in [-0.2, 0) is 19.1 Å². The molecule has 2 saturated heterocycles. The average molecular weight is 417 g/mol. The molecular weight excluding hydrogens is 394 g/mol. The van der Waals surface area contributed by atoms with E-state index >= 15 is 0 Å². The van der Waals surface area contributed by atoms with Crippen LogP contribution in [0.2, 0.25) is 0 Å². The number of carbonyl (C=O) groups is 2. The molecule has 0 radical (unpaired) electrons. The van der Waals surface area contributed by atoms with Gasteiger partial charge in [0, 0.05) is 30.6 Å². The molecule has 2 fully saturated rings. The number of thiazole rings is 1. The highest BCUT2D eigenvalue weighted by molar-refractivity contribution is 7.14. The maximum atomic E-state index is 12.3. The van der Waals surface area contributed by atoms with Crippen molar-refractivity contribution in [3.8, 4) is 17.0 Å². The number of hydrogen-bond donors (Lipinski definition) is 1. The number of benzene rings is 1. The molecule has 2 aromatic rings. The van der Waals surface area contributed by atoms with Crippen molar-refractivity contribution in [2.75, 3.05) is 44.8 Å². The van der Waals surface area contributed by atoms with E-state index in [0.717, 1.165) is 18.4 Å². The highest BCUT2D eigenvalue weighted by Crippen LogP contribution is 2.32. The fraction of sp³-hybridized carbons (Fsp3) is 0.450. The number of carbonyl (C=O) groups excluding carboxylic acids is 2. The van der Waals surface area contributed by atoms with Crippen molar-refractivity contribution in [3.63, 3.8) is 0 Å². The quantitative estimate of drug-likeness (QED) is 0.775. The number of aromatic nitrogens is 1. The maximum Gasteiger partial charge on any atom is 0.260 e. The zero-order chi connectivity index (χ0) is 20.1. The zero-order valence-corrected chi connectivity index (χ0v) is 16.8. The molecule has 0 bridgehead atoms. The van der Waals surface area contributed by atoms with E-state index < -0.39 is 6.10 Å². The lowest BCUT2D eigenvalue weighted by molar-refractivity contribution is -0.137. The summed E-state index contributed by atoms with van der Waals surface area (Å²) in [5.41, 5.74) is 1.46. The summed E-state index contributed by atoms with van der Waals surface area (Å²) in [4.78, 5) is 30.8. The average Bonchev–Trinajstić information content (AvgIpc) is 3.45. The summed E-state index contributed by atoms with van der Waals surface area (Å²) < 4.78 is 16.5. The molecule has 2 amide bonds. The van der Waals surface area contributed by atoms with Crippen molar-refractivity contribution in [1.82, 2.24) is 9.88 Å². The van der Waals surface area contributed by atoms with E-state index in [4.69, 9.17) is 14.2 Å². The van der Waals surface area contributed by atoms with Crippen LogP contribution in [0.25, 0.3) is 11.3 Å². The van der Waals surface area contributed by atoms with Gasteiger partial charge in [0.05, 0.1) is 18.9 Å². The van der Waals surface area contributed by atoms with Gasteiger partial charge in [-0.25, -0.2) is 4.98 Å². The van der Waals surface area contributed by atoms with Gasteiger partial charge in [-0.2, -0.15) is 0 Å². The summed E-state index contributed by atoms with van der Waals surface area (Å²) in [7, 11) is 0. The molecule has 1 unspecified atom stereocenters. The Labute approximate surface area is 172 Å². The highest BCUT2D eigenvalue weighted by Gasteiger charge is 2.24. The number of amides is 2. The molecule has 4 rings (SSSR count). The predicted molar refractivity (Wildman–Crippen MR) is 108 cm³/mol. The molecule has 0 saturated carbocycles. The van der Waals surface area contributed by atoms with Crippen molar-refractivity contribution >= 4 is 28.3 Å². The summed E-state index contributed by atoms with van der Waals surface area (Å²) in [6.07, 6.45) is 1.23. The molecule has 2 aliphatic rings. The number of ether oxygens (including phenoxy) is 3. The van der Waals surface area contributed by atoms with E-state index in [1.807, 2.05) is 29.6 Å². The Balaban J connectivity index is 1.40. The van der Waals surface area contributed by atoms with Gasteiger partial charge in [-0.05, 0) is 25.0 Å². The van der Waals surface area contributed by atoms with Crippen LogP contribution in [0.1, 0.15) is 12.8 Å². The highest BCUT2D eigenvalue weighted by atomic mass is 32.1. The molecule has 9 heteroatoms. The second kappa shape index (κ2) is 9.34. The zero-order valence-electron chi connectivity index (χ0n) is 16.0. The summed E-state index contributed by atoms with van der Waals surface area (Å²) in [6, 6.07) is 7.43. The Bertz CT molecular complexity index is 859. The third kappa shape index (κ3) is 4.92. The van der Waals surface area contributed by atoms with Crippen molar-refractivity contribution < 1.29 is 23.8 Å². The smallest absolute Gasteiger partial charge is 0.260 e. The molecular formula is C20H23N3O5S. The van der Waals surface area contributed by atoms with Crippen LogP contribution in [-0.4, -0.2) is 67.3 Å². The number of morpholine rings is 1.